The highest BCUT2D eigenvalue weighted by Gasteiger charge is 2.53. The van der Waals surface area contributed by atoms with E-state index >= 15 is 0 Å². The second-order valence-electron chi connectivity index (χ2n) is 7.83. The minimum Gasteiger partial charge on any atom is -0.459 e. The summed E-state index contributed by atoms with van der Waals surface area (Å²) in [5.41, 5.74) is 0.297. The van der Waals surface area contributed by atoms with Gasteiger partial charge in [0.1, 0.15) is 12.1 Å². The number of hydrogen-bond donors (Lipinski definition) is 1. The molecule has 1 aromatic rings. The Morgan fingerprint density at radius 3 is 2.35 bits per heavy atom. The summed E-state index contributed by atoms with van der Waals surface area (Å²) in [7, 11) is 0. The van der Waals surface area contributed by atoms with Gasteiger partial charge < -0.3 is 14.7 Å². The Hall–Kier alpha value is -1.79. The molecule has 0 unspecified atom stereocenters. The Balaban J connectivity index is 2.19. The molecule has 1 aliphatic heterocycles. The van der Waals surface area contributed by atoms with E-state index in [0.717, 1.165) is 5.56 Å². The Morgan fingerprint density at radius 1 is 1.27 bits per heavy atom. The zero-order chi connectivity index (χ0) is 19.6. The summed E-state index contributed by atoms with van der Waals surface area (Å²) >= 11 is 5.62. The van der Waals surface area contributed by atoms with Gasteiger partial charge in [0, 0.05) is 10.8 Å². The second kappa shape index (κ2) is 7.84. The summed E-state index contributed by atoms with van der Waals surface area (Å²) in [6.07, 6.45) is -0.802. The van der Waals surface area contributed by atoms with Crippen LogP contribution in [0.25, 0.3) is 0 Å². The van der Waals surface area contributed by atoms with Gasteiger partial charge in [-0.05, 0) is 33.3 Å². The molecule has 0 radical (unpaired) electrons. The number of aliphatic hydroxyl groups is 1. The Morgan fingerprint density at radius 2 is 1.85 bits per heavy atom. The number of ether oxygens (including phenoxy) is 1. The summed E-state index contributed by atoms with van der Waals surface area (Å²) in [5.74, 6) is -1.43. The topological polar surface area (TPSA) is 66.8 Å². The van der Waals surface area contributed by atoms with E-state index in [9.17, 15) is 14.7 Å². The number of esters is 1. The smallest absolute Gasteiger partial charge is 0.326 e. The number of hydrogen-bond acceptors (Lipinski definition) is 5. The van der Waals surface area contributed by atoms with E-state index in [4.69, 9.17) is 17.0 Å². The maximum atomic E-state index is 12.5. The fourth-order valence-electron chi connectivity index (χ4n) is 3.39. The molecule has 1 amide bonds. The molecule has 0 spiro atoms. The third-order valence-electron chi connectivity index (χ3n) is 4.52. The maximum Gasteiger partial charge on any atom is 0.326 e. The van der Waals surface area contributed by atoms with E-state index in [1.54, 1.807) is 27.7 Å². The van der Waals surface area contributed by atoms with Gasteiger partial charge in [-0.1, -0.05) is 49.5 Å². The van der Waals surface area contributed by atoms with Crippen LogP contribution >= 0.6 is 12.2 Å². The van der Waals surface area contributed by atoms with Gasteiger partial charge in [0.2, 0.25) is 5.91 Å². The Bertz CT molecular complexity index is 681. The lowest BCUT2D eigenvalue weighted by Crippen LogP contribution is -2.68. The first kappa shape index (κ1) is 20.5. The van der Waals surface area contributed by atoms with Gasteiger partial charge in [0.05, 0.1) is 18.1 Å². The fraction of sp³-hybridized carbons (Fsp3) is 0.550. The van der Waals surface area contributed by atoms with Crippen LogP contribution in [0.1, 0.15) is 40.2 Å². The highest BCUT2D eigenvalue weighted by atomic mass is 32.1. The lowest BCUT2D eigenvalue weighted by Gasteiger charge is -2.51. The van der Waals surface area contributed by atoms with Crippen molar-refractivity contribution in [2.45, 2.75) is 52.4 Å². The standard InChI is InChI=1S/C20H27NO4S/c1-12(18(26)14-9-7-6-8-10-14)17-16(13(2)22)19(24)21(17)11-15(23)25-20(3,4)5/h6-10,12-13,16-17,22H,11H2,1-5H3/t12-,13-,16-,17-/m1/s1. The highest BCUT2D eigenvalue weighted by molar-refractivity contribution is 7.80. The Kier molecular flexibility index (Phi) is 6.19. The van der Waals surface area contributed by atoms with Crippen molar-refractivity contribution in [1.29, 1.82) is 0 Å². The number of nitrogens with zero attached hydrogens (tertiary/aromatic N) is 1. The molecule has 0 aliphatic carbocycles. The first-order chi connectivity index (χ1) is 12.0. The number of rotatable bonds is 6. The van der Waals surface area contributed by atoms with E-state index in [0.29, 0.717) is 4.86 Å². The molecule has 1 N–H and O–H groups in total. The van der Waals surface area contributed by atoms with Gasteiger partial charge in [-0.3, -0.25) is 9.59 Å². The zero-order valence-electron chi connectivity index (χ0n) is 15.9. The largest absolute Gasteiger partial charge is 0.459 e. The summed E-state index contributed by atoms with van der Waals surface area (Å²) in [5, 5.41) is 10.0. The fourth-order valence-corrected chi connectivity index (χ4v) is 3.66. The van der Waals surface area contributed by atoms with E-state index in [1.807, 2.05) is 37.3 Å². The predicted octanol–water partition coefficient (Wildman–Crippen LogP) is 2.59. The van der Waals surface area contributed by atoms with Crippen LogP contribution in [0.5, 0.6) is 0 Å². The first-order valence-corrected chi connectivity index (χ1v) is 9.23. The van der Waals surface area contributed by atoms with Crippen molar-refractivity contribution in [3.8, 4) is 0 Å². The number of amides is 1. The van der Waals surface area contributed by atoms with Crippen LogP contribution in [0.2, 0.25) is 0 Å². The molecule has 6 heteroatoms. The number of likely N-dealkylation sites (tertiary alicyclic amines) is 1. The van der Waals surface area contributed by atoms with E-state index in [1.165, 1.54) is 4.90 Å². The molecule has 1 heterocycles. The average Bonchev–Trinajstić information content (AvgIpc) is 2.54. The molecule has 4 atom stereocenters. The number of aliphatic hydroxyl groups excluding tert-OH is 1. The molecule has 0 saturated carbocycles. The molecule has 26 heavy (non-hydrogen) atoms. The molecule has 0 aromatic heterocycles. The van der Waals surface area contributed by atoms with Crippen molar-refractivity contribution in [2.24, 2.45) is 11.8 Å². The van der Waals surface area contributed by atoms with Crippen LogP contribution < -0.4 is 0 Å². The number of benzene rings is 1. The highest BCUT2D eigenvalue weighted by Crippen LogP contribution is 2.36. The van der Waals surface area contributed by atoms with Crippen molar-refractivity contribution in [3.63, 3.8) is 0 Å². The molecule has 142 valence electrons. The van der Waals surface area contributed by atoms with E-state index < -0.39 is 23.6 Å². The lowest BCUT2D eigenvalue weighted by atomic mass is 9.74. The van der Waals surface area contributed by atoms with Gasteiger partial charge in [-0.2, -0.15) is 0 Å². The minimum absolute atomic E-state index is 0.133. The van der Waals surface area contributed by atoms with Gasteiger partial charge >= 0.3 is 5.97 Å². The second-order valence-corrected chi connectivity index (χ2v) is 8.27. The van der Waals surface area contributed by atoms with E-state index in [-0.39, 0.29) is 24.4 Å². The molecular formula is C20H27NO4S. The monoisotopic (exact) mass is 377 g/mol. The molecule has 1 aromatic carbocycles. The molecular weight excluding hydrogens is 350 g/mol. The van der Waals surface area contributed by atoms with Crippen LogP contribution in [0.3, 0.4) is 0 Å². The number of carbonyl (C=O) groups excluding carboxylic acids is 2. The van der Waals surface area contributed by atoms with Gasteiger partial charge in [-0.15, -0.1) is 0 Å². The Labute approximate surface area is 160 Å². The summed E-state index contributed by atoms with van der Waals surface area (Å²) in [6, 6.07) is 9.25. The van der Waals surface area contributed by atoms with Crippen molar-refractivity contribution < 1.29 is 19.4 Å². The molecule has 1 saturated heterocycles. The lowest BCUT2D eigenvalue weighted by molar-refractivity contribution is -0.176. The SMILES string of the molecule is C[C@@H](O)[C@H]1C(=O)N(CC(=O)OC(C)(C)C)[C@@H]1[C@@H](C)C(=S)c1ccccc1. The molecule has 5 nitrogen and oxygen atoms in total. The summed E-state index contributed by atoms with van der Waals surface area (Å²) in [6.45, 7) is 8.75. The summed E-state index contributed by atoms with van der Waals surface area (Å²) in [4.78, 5) is 26.9. The summed E-state index contributed by atoms with van der Waals surface area (Å²) < 4.78 is 5.33. The van der Waals surface area contributed by atoms with Crippen molar-refractivity contribution in [3.05, 3.63) is 35.9 Å². The normalized spacial score (nSPS) is 22.4. The number of carbonyl (C=O) groups is 2. The van der Waals surface area contributed by atoms with Gasteiger partial charge in [0.15, 0.2) is 0 Å². The molecule has 1 fully saturated rings. The van der Waals surface area contributed by atoms with E-state index in [2.05, 4.69) is 0 Å². The quantitative estimate of drug-likeness (QED) is 0.357. The number of thiocarbonyl (C=S) groups is 1. The van der Waals surface area contributed by atoms with Gasteiger partial charge in [-0.25, -0.2) is 0 Å². The average molecular weight is 378 g/mol. The third kappa shape index (κ3) is 4.48. The van der Waals surface area contributed by atoms with Crippen LogP contribution in [-0.4, -0.2) is 51.0 Å². The zero-order valence-corrected chi connectivity index (χ0v) is 16.7. The van der Waals surface area contributed by atoms with Crippen LogP contribution in [0.15, 0.2) is 30.3 Å². The predicted molar refractivity (Wildman–Crippen MR) is 104 cm³/mol. The third-order valence-corrected chi connectivity index (χ3v) is 5.13. The van der Waals surface area contributed by atoms with Crippen molar-refractivity contribution in [2.75, 3.05) is 6.54 Å². The van der Waals surface area contributed by atoms with Gasteiger partial charge in [0.25, 0.3) is 0 Å². The van der Waals surface area contributed by atoms with Crippen LogP contribution in [0, 0.1) is 11.8 Å². The maximum absolute atomic E-state index is 12.5. The van der Waals surface area contributed by atoms with Crippen LogP contribution in [0.4, 0.5) is 0 Å². The van der Waals surface area contributed by atoms with Crippen molar-refractivity contribution >= 4 is 29.0 Å². The molecule has 1 aliphatic rings. The van der Waals surface area contributed by atoms with Crippen LogP contribution in [-0.2, 0) is 14.3 Å². The van der Waals surface area contributed by atoms with Crippen molar-refractivity contribution in [1.82, 2.24) is 4.90 Å². The molecule has 2 rings (SSSR count). The minimum atomic E-state index is -0.802. The molecule has 0 bridgehead atoms. The first-order valence-electron chi connectivity index (χ1n) is 8.82. The number of β-lactam (4-membered cyclic amide) rings is 1.